The van der Waals surface area contributed by atoms with E-state index in [0.717, 1.165) is 25.0 Å². The standard InChI is InChI=1S/C12H17NO/c1-9-10(6-4-8-13-9)11-5-2-3-7-12(11)14/h4,6,8,11-12,14H,2-3,5,7H2,1H3/t11-,12+/m1/s1. The normalized spacial score (nSPS) is 27.6. The largest absolute Gasteiger partial charge is 0.392 e. The summed E-state index contributed by atoms with van der Waals surface area (Å²) < 4.78 is 0. The Kier molecular flexibility index (Phi) is 2.82. The molecule has 0 saturated heterocycles. The highest BCUT2D eigenvalue weighted by molar-refractivity contribution is 5.24. The summed E-state index contributed by atoms with van der Waals surface area (Å²) in [5.74, 6) is 0.317. The first-order chi connectivity index (χ1) is 6.79. The first-order valence-corrected chi connectivity index (χ1v) is 5.38. The van der Waals surface area contributed by atoms with Crippen LogP contribution < -0.4 is 0 Å². The summed E-state index contributed by atoms with van der Waals surface area (Å²) in [7, 11) is 0. The van der Waals surface area contributed by atoms with E-state index in [1.165, 1.54) is 12.0 Å². The van der Waals surface area contributed by atoms with Gasteiger partial charge in [-0.2, -0.15) is 0 Å². The SMILES string of the molecule is Cc1ncccc1[C@H]1CCCC[C@@H]1O. The molecule has 2 atom stereocenters. The van der Waals surface area contributed by atoms with Gasteiger partial charge in [-0.05, 0) is 31.4 Å². The fourth-order valence-corrected chi connectivity index (χ4v) is 2.36. The Hall–Kier alpha value is -0.890. The molecule has 1 aromatic rings. The first kappa shape index (κ1) is 9.66. The number of hydrogen-bond donors (Lipinski definition) is 1. The van der Waals surface area contributed by atoms with Crippen LogP contribution >= 0.6 is 0 Å². The van der Waals surface area contributed by atoms with Gasteiger partial charge in [0.25, 0.3) is 0 Å². The van der Waals surface area contributed by atoms with Crippen molar-refractivity contribution in [3.05, 3.63) is 29.6 Å². The molecule has 0 aliphatic heterocycles. The highest BCUT2D eigenvalue weighted by atomic mass is 16.3. The Labute approximate surface area is 85.0 Å². The Morgan fingerprint density at radius 2 is 2.14 bits per heavy atom. The van der Waals surface area contributed by atoms with Crippen molar-refractivity contribution in [2.75, 3.05) is 0 Å². The van der Waals surface area contributed by atoms with Crippen LogP contribution in [0.3, 0.4) is 0 Å². The van der Waals surface area contributed by atoms with E-state index in [1.54, 1.807) is 0 Å². The molecule has 1 aliphatic carbocycles. The third-order valence-electron chi connectivity index (χ3n) is 3.18. The van der Waals surface area contributed by atoms with Crippen molar-refractivity contribution in [3.8, 4) is 0 Å². The van der Waals surface area contributed by atoms with Gasteiger partial charge in [0, 0.05) is 17.8 Å². The summed E-state index contributed by atoms with van der Waals surface area (Å²) in [6.07, 6.45) is 6.10. The molecule has 0 aromatic carbocycles. The van der Waals surface area contributed by atoms with Crippen molar-refractivity contribution in [2.24, 2.45) is 0 Å². The van der Waals surface area contributed by atoms with Gasteiger partial charge in [-0.1, -0.05) is 18.9 Å². The topological polar surface area (TPSA) is 33.1 Å². The molecule has 1 aromatic heterocycles. The van der Waals surface area contributed by atoms with E-state index >= 15 is 0 Å². The van der Waals surface area contributed by atoms with Crippen LogP contribution in [-0.2, 0) is 0 Å². The summed E-state index contributed by atoms with van der Waals surface area (Å²) in [6, 6.07) is 4.06. The highest BCUT2D eigenvalue weighted by Crippen LogP contribution is 2.33. The molecule has 76 valence electrons. The zero-order valence-electron chi connectivity index (χ0n) is 8.61. The van der Waals surface area contributed by atoms with E-state index < -0.39 is 0 Å². The van der Waals surface area contributed by atoms with Gasteiger partial charge in [0.2, 0.25) is 0 Å². The maximum Gasteiger partial charge on any atom is 0.0609 e. The maximum atomic E-state index is 9.92. The Morgan fingerprint density at radius 1 is 1.36 bits per heavy atom. The lowest BCUT2D eigenvalue weighted by molar-refractivity contribution is 0.106. The van der Waals surface area contributed by atoms with Gasteiger partial charge in [0.05, 0.1) is 6.10 Å². The van der Waals surface area contributed by atoms with Crippen molar-refractivity contribution in [1.29, 1.82) is 0 Å². The molecule has 2 heteroatoms. The molecular weight excluding hydrogens is 174 g/mol. The number of aliphatic hydroxyl groups excluding tert-OH is 1. The van der Waals surface area contributed by atoms with E-state index in [2.05, 4.69) is 11.1 Å². The molecule has 0 bridgehead atoms. The first-order valence-electron chi connectivity index (χ1n) is 5.38. The number of aliphatic hydroxyl groups is 1. The second-order valence-corrected chi connectivity index (χ2v) is 4.14. The minimum Gasteiger partial charge on any atom is -0.392 e. The zero-order valence-corrected chi connectivity index (χ0v) is 8.61. The fourth-order valence-electron chi connectivity index (χ4n) is 2.36. The molecule has 1 heterocycles. The van der Waals surface area contributed by atoms with E-state index in [1.807, 2.05) is 19.2 Å². The molecule has 14 heavy (non-hydrogen) atoms. The lowest BCUT2D eigenvalue weighted by Gasteiger charge is -2.28. The Bertz CT molecular complexity index is 311. The predicted molar refractivity (Wildman–Crippen MR) is 56.2 cm³/mol. The van der Waals surface area contributed by atoms with Crippen LogP contribution in [0.2, 0.25) is 0 Å². The van der Waals surface area contributed by atoms with E-state index in [9.17, 15) is 5.11 Å². The lowest BCUT2D eigenvalue weighted by Crippen LogP contribution is -2.23. The summed E-state index contributed by atoms with van der Waals surface area (Å²) >= 11 is 0. The third-order valence-corrected chi connectivity index (χ3v) is 3.18. The quantitative estimate of drug-likeness (QED) is 0.739. The molecule has 2 rings (SSSR count). The smallest absolute Gasteiger partial charge is 0.0609 e. The van der Waals surface area contributed by atoms with Crippen LogP contribution in [-0.4, -0.2) is 16.2 Å². The third kappa shape index (κ3) is 1.80. The number of rotatable bonds is 1. The Balaban J connectivity index is 2.25. The molecular formula is C12H17NO. The molecule has 0 unspecified atom stereocenters. The second-order valence-electron chi connectivity index (χ2n) is 4.14. The van der Waals surface area contributed by atoms with Gasteiger partial charge >= 0.3 is 0 Å². The average Bonchev–Trinajstić information content (AvgIpc) is 2.20. The van der Waals surface area contributed by atoms with Crippen LogP contribution in [0.4, 0.5) is 0 Å². The van der Waals surface area contributed by atoms with Crippen molar-refractivity contribution in [2.45, 2.75) is 44.6 Å². The number of aromatic nitrogens is 1. The van der Waals surface area contributed by atoms with Crippen LogP contribution in [0.5, 0.6) is 0 Å². The number of aryl methyl sites for hydroxylation is 1. The maximum absolute atomic E-state index is 9.92. The van der Waals surface area contributed by atoms with Gasteiger partial charge in [0.1, 0.15) is 0 Å². The van der Waals surface area contributed by atoms with Gasteiger partial charge in [-0.3, -0.25) is 4.98 Å². The second kappa shape index (κ2) is 4.09. The van der Waals surface area contributed by atoms with Crippen molar-refractivity contribution >= 4 is 0 Å². The molecule has 1 N–H and O–H groups in total. The Morgan fingerprint density at radius 3 is 2.86 bits per heavy atom. The summed E-state index contributed by atoms with van der Waals surface area (Å²) in [5.41, 5.74) is 2.30. The van der Waals surface area contributed by atoms with Crippen LogP contribution in [0.25, 0.3) is 0 Å². The predicted octanol–water partition coefficient (Wildman–Crippen LogP) is 2.41. The van der Waals surface area contributed by atoms with E-state index in [-0.39, 0.29) is 6.10 Å². The minimum absolute atomic E-state index is 0.161. The molecule has 1 saturated carbocycles. The molecule has 2 nitrogen and oxygen atoms in total. The van der Waals surface area contributed by atoms with Crippen LogP contribution in [0.15, 0.2) is 18.3 Å². The summed E-state index contributed by atoms with van der Waals surface area (Å²) in [5, 5.41) is 9.92. The monoisotopic (exact) mass is 191 g/mol. The summed E-state index contributed by atoms with van der Waals surface area (Å²) in [6.45, 7) is 2.02. The molecule has 1 aliphatic rings. The highest BCUT2D eigenvalue weighted by Gasteiger charge is 2.25. The molecule has 1 fully saturated rings. The van der Waals surface area contributed by atoms with Gasteiger partial charge in [0.15, 0.2) is 0 Å². The van der Waals surface area contributed by atoms with Crippen LogP contribution in [0, 0.1) is 6.92 Å². The van der Waals surface area contributed by atoms with Crippen molar-refractivity contribution in [1.82, 2.24) is 4.98 Å². The average molecular weight is 191 g/mol. The van der Waals surface area contributed by atoms with Crippen molar-refractivity contribution in [3.63, 3.8) is 0 Å². The van der Waals surface area contributed by atoms with Crippen molar-refractivity contribution < 1.29 is 5.11 Å². The van der Waals surface area contributed by atoms with E-state index in [0.29, 0.717) is 5.92 Å². The number of hydrogen-bond acceptors (Lipinski definition) is 2. The van der Waals surface area contributed by atoms with Gasteiger partial charge in [-0.25, -0.2) is 0 Å². The van der Waals surface area contributed by atoms with Gasteiger partial charge < -0.3 is 5.11 Å². The van der Waals surface area contributed by atoms with Crippen LogP contribution in [0.1, 0.15) is 42.9 Å². The fraction of sp³-hybridized carbons (Fsp3) is 0.583. The molecule has 0 spiro atoms. The number of pyridine rings is 1. The van der Waals surface area contributed by atoms with Gasteiger partial charge in [-0.15, -0.1) is 0 Å². The lowest BCUT2D eigenvalue weighted by atomic mass is 9.81. The molecule has 0 radical (unpaired) electrons. The molecule has 0 amide bonds. The number of nitrogens with zero attached hydrogens (tertiary/aromatic N) is 1. The summed E-state index contributed by atoms with van der Waals surface area (Å²) in [4.78, 5) is 4.28. The minimum atomic E-state index is -0.161. The zero-order chi connectivity index (χ0) is 9.97. The van der Waals surface area contributed by atoms with E-state index in [4.69, 9.17) is 0 Å².